The van der Waals surface area contributed by atoms with Gasteiger partial charge in [0.15, 0.2) is 0 Å². The van der Waals surface area contributed by atoms with E-state index in [2.05, 4.69) is 43.4 Å². The van der Waals surface area contributed by atoms with Gasteiger partial charge in [-0.1, -0.05) is 51.2 Å². The molecule has 0 radical (unpaired) electrons. The summed E-state index contributed by atoms with van der Waals surface area (Å²) in [6.45, 7) is 8.32. The normalized spacial score (nSPS) is 11.5. The smallest absolute Gasteiger partial charge is 0.240 e. The first-order valence-electron chi connectivity index (χ1n) is 8.45. The molecule has 1 aromatic carbocycles. The highest BCUT2D eigenvalue weighted by molar-refractivity contribution is 5.99. The Hall–Kier alpha value is -1.64. The third-order valence-corrected chi connectivity index (χ3v) is 4.03. The van der Waals surface area contributed by atoms with Gasteiger partial charge in [-0.15, -0.1) is 0 Å². The minimum Gasteiger partial charge on any atom is -0.273 e. The van der Waals surface area contributed by atoms with Crippen LogP contribution in [-0.2, 0) is 4.79 Å². The number of carbonyl (C=O) groups is 1. The van der Waals surface area contributed by atoms with Crippen LogP contribution < -0.4 is 5.43 Å². The fourth-order valence-electron chi connectivity index (χ4n) is 2.30. The molecule has 0 fully saturated rings. The number of nitrogens with one attached hydrogen (secondary N) is 1. The average Bonchev–Trinajstić information content (AvgIpc) is 2.51. The summed E-state index contributed by atoms with van der Waals surface area (Å²) >= 11 is 0. The lowest BCUT2D eigenvalue weighted by molar-refractivity contribution is -0.121. The Kier molecular flexibility index (Phi) is 8.49. The lowest BCUT2D eigenvalue weighted by Gasteiger charge is -2.06. The van der Waals surface area contributed by atoms with Gasteiger partial charge in [-0.25, -0.2) is 5.43 Å². The Morgan fingerprint density at radius 2 is 1.73 bits per heavy atom. The largest absolute Gasteiger partial charge is 0.273 e. The van der Waals surface area contributed by atoms with Gasteiger partial charge in [-0.05, 0) is 49.9 Å². The van der Waals surface area contributed by atoms with Crippen molar-refractivity contribution in [3.63, 3.8) is 0 Å². The first kappa shape index (κ1) is 18.4. The molecule has 0 heterocycles. The summed E-state index contributed by atoms with van der Waals surface area (Å²) in [6.07, 6.45) is 7.71. The Bertz CT molecular complexity index is 506. The monoisotopic (exact) mass is 302 g/mol. The summed E-state index contributed by atoms with van der Waals surface area (Å²) in [4.78, 5) is 11.8. The zero-order valence-electron chi connectivity index (χ0n) is 14.5. The maximum atomic E-state index is 11.8. The van der Waals surface area contributed by atoms with Crippen molar-refractivity contribution in [2.24, 2.45) is 5.10 Å². The number of nitrogens with zero attached hydrogens (tertiary/aromatic N) is 1. The van der Waals surface area contributed by atoms with Crippen molar-refractivity contribution in [1.82, 2.24) is 5.43 Å². The molecule has 0 aromatic heterocycles. The van der Waals surface area contributed by atoms with Crippen molar-refractivity contribution in [3.05, 3.63) is 34.9 Å². The van der Waals surface area contributed by atoms with E-state index in [-0.39, 0.29) is 5.91 Å². The number of benzene rings is 1. The van der Waals surface area contributed by atoms with Gasteiger partial charge in [0.1, 0.15) is 0 Å². The number of hydrogen-bond acceptors (Lipinski definition) is 2. The van der Waals surface area contributed by atoms with Crippen molar-refractivity contribution < 1.29 is 4.79 Å². The molecule has 0 saturated heterocycles. The number of hydrogen-bond donors (Lipinski definition) is 1. The molecule has 1 N–H and O–H groups in total. The van der Waals surface area contributed by atoms with E-state index >= 15 is 0 Å². The molecule has 3 heteroatoms. The maximum absolute atomic E-state index is 11.8. The summed E-state index contributed by atoms with van der Waals surface area (Å²) in [5.41, 5.74) is 7.08. The number of aryl methyl sites for hydroxylation is 2. The van der Waals surface area contributed by atoms with Crippen LogP contribution in [0.25, 0.3) is 0 Å². The average molecular weight is 302 g/mol. The predicted octanol–water partition coefficient (Wildman–Crippen LogP) is 4.89. The quantitative estimate of drug-likeness (QED) is 0.394. The SMILES string of the molecule is CCCCCCCCC(=O)N/N=C(\C)c1ccc(C)c(C)c1. The van der Waals surface area contributed by atoms with E-state index in [1.807, 2.05) is 13.0 Å². The highest BCUT2D eigenvalue weighted by Crippen LogP contribution is 2.10. The molecule has 0 spiro atoms. The molecule has 0 aliphatic carbocycles. The van der Waals surface area contributed by atoms with E-state index in [0.29, 0.717) is 6.42 Å². The minimum atomic E-state index is 0.0127. The molecule has 0 unspecified atom stereocenters. The summed E-state index contributed by atoms with van der Waals surface area (Å²) in [7, 11) is 0. The van der Waals surface area contributed by atoms with Crippen molar-refractivity contribution in [2.45, 2.75) is 72.6 Å². The van der Waals surface area contributed by atoms with Crippen LogP contribution >= 0.6 is 0 Å². The first-order valence-corrected chi connectivity index (χ1v) is 8.45. The van der Waals surface area contributed by atoms with E-state index < -0.39 is 0 Å². The zero-order valence-corrected chi connectivity index (χ0v) is 14.5. The van der Waals surface area contributed by atoms with Gasteiger partial charge in [-0.2, -0.15) is 5.10 Å². The van der Waals surface area contributed by atoms with Crippen LogP contribution in [0.3, 0.4) is 0 Å². The Morgan fingerprint density at radius 3 is 2.41 bits per heavy atom. The molecule has 0 aliphatic heterocycles. The summed E-state index contributed by atoms with van der Waals surface area (Å²) < 4.78 is 0. The topological polar surface area (TPSA) is 41.5 Å². The third kappa shape index (κ3) is 6.88. The van der Waals surface area contributed by atoms with Gasteiger partial charge in [0.05, 0.1) is 5.71 Å². The van der Waals surface area contributed by atoms with Crippen LogP contribution in [0.1, 0.15) is 75.5 Å². The Balaban J connectivity index is 2.33. The molecule has 1 aromatic rings. The zero-order chi connectivity index (χ0) is 16.4. The second kappa shape index (κ2) is 10.1. The van der Waals surface area contributed by atoms with Gasteiger partial charge in [0.2, 0.25) is 5.91 Å². The summed E-state index contributed by atoms with van der Waals surface area (Å²) in [5, 5.41) is 4.21. The highest BCUT2D eigenvalue weighted by Gasteiger charge is 2.03. The molecule has 122 valence electrons. The first-order chi connectivity index (χ1) is 10.5. The van der Waals surface area contributed by atoms with Crippen LogP contribution in [0.4, 0.5) is 0 Å². The van der Waals surface area contributed by atoms with Crippen LogP contribution in [0.5, 0.6) is 0 Å². The molecule has 1 rings (SSSR count). The highest BCUT2D eigenvalue weighted by atomic mass is 16.2. The van der Waals surface area contributed by atoms with Crippen LogP contribution in [0.2, 0.25) is 0 Å². The van der Waals surface area contributed by atoms with Crippen LogP contribution in [-0.4, -0.2) is 11.6 Å². The van der Waals surface area contributed by atoms with E-state index in [9.17, 15) is 4.79 Å². The number of carbonyl (C=O) groups excluding carboxylic acids is 1. The minimum absolute atomic E-state index is 0.0127. The molecule has 0 saturated carbocycles. The molecule has 1 amide bonds. The lowest BCUT2D eigenvalue weighted by Crippen LogP contribution is -2.18. The number of amides is 1. The van der Waals surface area contributed by atoms with E-state index in [1.165, 1.54) is 36.8 Å². The number of unbranched alkanes of at least 4 members (excludes halogenated alkanes) is 5. The lowest BCUT2D eigenvalue weighted by atomic mass is 10.0. The van der Waals surface area contributed by atoms with Crippen molar-refractivity contribution >= 4 is 11.6 Å². The van der Waals surface area contributed by atoms with E-state index in [0.717, 1.165) is 24.1 Å². The fraction of sp³-hybridized carbons (Fsp3) is 0.579. The Labute approximate surface area is 135 Å². The fourth-order valence-corrected chi connectivity index (χ4v) is 2.30. The Morgan fingerprint density at radius 1 is 1.05 bits per heavy atom. The van der Waals surface area contributed by atoms with Gasteiger partial charge < -0.3 is 0 Å². The molecule has 22 heavy (non-hydrogen) atoms. The van der Waals surface area contributed by atoms with Crippen molar-refractivity contribution in [1.29, 1.82) is 0 Å². The molecule has 0 atom stereocenters. The second-order valence-corrected chi connectivity index (χ2v) is 6.05. The van der Waals surface area contributed by atoms with Crippen molar-refractivity contribution in [3.8, 4) is 0 Å². The van der Waals surface area contributed by atoms with Gasteiger partial charge >= 0.3 is 0 Å². The van der Waals surface area contributed by atoms with Gasteiger partial charge in [-0.3, -0.25) is 4.79 Å². The molecule has 3 nitrogen and oxygen atoms in total. The standard InChI is InChI=1S/C19H30N2O/c1-5-6-7-8-9-10-11-19(22)21-20-17(4)18-13-12-15(2)16(3)14-18/h12-14H,5-11H2,1-4H3,(H,21,22)/b20-17+. The van der Waals surface area contributed by atoms with Crippen LogP contribution in [0.15, 0.2) is 23.3 Å². The predicted molar refractivity (Wildman–Crippen MR) is 94.3 cm³/mol. The molecular formula is C19H30N2O. The van der Waals surface area contributed by atoms with Gasteiger partial charge in [0.25, 0.3) is 0 Å². The van der Waals surface area contributed by atoms with E-state index in [1.54, 1.807) is 0 Å². The molecular weight excluding hydrogens is 272 g/mol. The van der Waals surface area contributed by atoms with Crippen molar-refractivity contribution in [2.75, 3.05) is 0 Å². The number of hydrazone groups is 1. The summed E-state index contributed by atoms with van der Waals surface area (Å²) in [6, 6.07) is 6.23. The second-order valence-electron chi connectivity index (χ2n) is 6.05. The van der Waals surface area contributed by atoms with E-state index in [4.69, 9.17) is 0 Å². The van der Waals surface area contributed by atoms with Gasteiger partial charge in [0, 0.05) is 6.42 Å². The molecule has 0 bridgehead atoms. The number of rotatable bonds is 9. The summed E-state index contributed by atoms with van der Waals surface area (Å²) in [5.74, 6) is 0.0127. The molecule has 0 aliphatic rings. The third-order valence-electron chi connectivity index (χ3n) is 4.03. The van der Waals surface area contributed by atoms with Crippen LogP contribution in [0, 0.1) is 13.8 Å². The maximum Gasteiger partial charge on any atom is 0.240 e.